The average molecular weight is 287 g/mol. The van der Waals surface area contributed by atoms with E-state index in [2.05, 4.69) is 10.4 Å². The molecule has 110 valence electrons. The molecular formula is C16H18FN3O. The zero-order valence-electron chi connectivity index (χ0n) is 11.8. The fraction of sp³-hybridized carbons (Fsp3) is 0.375. The molecule has 0 saturated heterocycles. The molecule has 1 saturated carbocycles. The second-order valence-electron chi connectivity index (χ2n) is 5.44. The van der Waals surface area contributed by atoms with Gasteiger partial charge in [-0.25, -0.2) is 4.39 Å². The van der Waals surface area contributed by atoms with Gasteiger partial charge in [-0.1, -0.05) is 12.1 Å². The number of amides is 1. The quantitative estimate of drug-likeness (QED) is 0.888. The summed E-state index contributed by atoms with van der Waals surface area (Å²) in [5.74, 6) is -0.115. The number of halogens is 1. The number of aromatic nitrogens is 2. The molecule has 0 unspecified atom stereocenters. The Balaban J connectivity index is 1.50. The number of nitrogens with one attached hydrogen (secondary N) is 1. The lowest BCUT2D eigenvalue weighted by Gasteiger charge is -2.03. The largest absolute Gasteiger partial charge is 0.353 e. The molecule has 3 rings (SSSR count). The number of carbonyl (C=O) groups excluding carboxylic acids is 1. The van der Waals surface area contributed by atoms with Crippen molar-refractivity contribution in [3.8, 4) is 11.1 Å². The number of aryl methyl sites for hydroxylation is 1. The van der Waals surface area contributed by atoms with Crippen LogP contribution in [0.15, 0.2) is 36.7 Å². The van der Waals surface area contributed by atoms with E-state index in [0.717, 1.165) is 30.4 Å². The highest BCUT2D eigenvalue weighted by Gasteiger charge is 2.22. The third kappa shape index (κ3) is 3.90. The fourth-order valence-corrected chi connectivity index (χ4v) is 2.21. The number of carbonyl (C=O) groups is 1. The van der Waals surface area contributed by atoms with Crippen LogP contribution in [0.3, 0.4) is 0 Å². The van der Waals surface area contributed by atoms with Gasteiger partial charge < -0.3 is 5.32 Å². The average Bonchev–Trinajstić information content (AvgIpc) is 3.15. The van der Waals surface area contributed by atoms with Gasteiger partial charge in [0, 0.05) is 30.8 Å². The van der Waals surface area contributed by atoms with Crippen molar-refractivity contribution >= 4 is 5.91 Å². The number of hydrogen-bond acceptors (Lipinski definition) is 2. The lowest BCUT2D eigenvalue weighted by molar-refractivity contribution is -0.121. The van der Waals surface area contributed by atoms with Gasteiger partial charge >= 0.3 is 0 Å². The van der Waals surface area contributed by atoms with E-state index < -0.39 is 0 Å². The first-order valence-corrected chi connectivity index (χ1v) is 7.28. The molecule has 2 aromatic rings. The van der Waals surface area contributed by atoms with Crippen molar-refractivity contribution in [3.05, 3.63) is 42.5 Å². The van der Waals surface area contributed by atoms with Gasteiger partial charge in [-0.2, -0.15) is 5.10 Å². The van der Waals surface area contributed by atoms with Crippen LogP contribution in [0.2, 0.25) is 0 Å². The van der Waals surface area contributed by atoms with Crippen LogP contribution >= 0.6 is 0 Å². The highest BCUT2D eigenvalue weighted by atomic mass is 19.1. The Morgan fingerprint density at radius 2 is 2.05 bits per heavy atom. The number of nitrogens with zero attached hydrogens (tertiary/aromatic N) is 2. The molecule has 4 nitrogen and oxygen atoms in total. The highest BCUT2D eigenvalue weighted by Crippen LogP contribution is 2.20. The van der Waals surface area contributed by atoms with E-state index in [1.54, 1.807) is 18.3 Å². The van der Waals surface area contributed by atoms with Crippen molar-refractivity contribution < 1.29 is 9.18 Å². The fourth-order valence-electron chi connectivity index (χ4n) is 2.21. The van der Waals surface area contributed by atoms with E-state index in [-0.39, 0.29) is 11.7 Å². The Bertz CT molecular complexity index is 617. The maximum atomic E-state index is 12.9. The van der Waals surface area contributed by atoms with Gasteiger partial charge in [0.25, 0.3) is 0 Å². The topological polar surface area (TPSA) is 46.9 Å². The maximum absolute atomic E-state index is 12.9. The lowest BCUT2D eigenvalue weighted by atomic mass is 10.1. The van der Waals surface area contributed by atoms with Crippen molar-refractivity contribution in [1.82, 2.24) is 15.1 Å². The van der Waals surface area contributed by atoms with Crippen LogP contribution in [0.1, 0.15) is 25.7 Å². The molecule has 1 heterocycles. The first-order valence-electron chi connectivity index (χ1n) is 7.28. The van der Waals surface area contributed by atoms with Gasteiger partial charge in [0.1, 0.15) is 5.82 Å². The van der Waals surface area contributed by atoms with Crippen molar-refractivity contribution in [2.45, 2.75) is 38.3 Å². The van der Waals surface area contributed by atoms with Gasteiger partial charge in [-0.15, -0.1) is 0 Å². The van der Waals surface area contributed by atoms with Crippen LogP contribution in [0, 0.1) is 5.82 Å². The van der Waals surface area contributed by atoms with Gasteiger partial charge in [-0.05, 0) is 37.0 Å². The molecule has 21 heavy (non-hydrogen) atoms. The molecule has 1 amide bonds. The summed E-state index contributed by atoms with van der Waals surface area (Å²) in [6, 6.07) is 6.77. The summed E-state index contributed by atoms with van der Waals surface area (Å²) in [5, 5.41) is 7.25. The molecule has 0 atom stereocenters. The third-order valence-corrected chi connectivity index (χ3v) is 3.54. The summed E-state index contributed by atoms with van der Waals surface area (Å²) >= 11 is 0. The van der Waals surface area contributed by atoms with Gasteiger partial charge in [0.05, 0.1) is 6.20 Å². The second-order valence-corrected chi connectivity index (χ2v) is 5.44. The maximum Gasteiger partial charge on any atom is 0.220 e. The summed E-state index contributed by atoms with van der Waals surface area (Å²) in [5.41, 5.74) is 1.89. The first-order chi connectivity index (χ1) is 10.2. The van der Waals surface area contributed by atoms with Gasteiger partial charge in [0.15, 0.2) is 0 Å². The third-order valence-electron chi connectivity index (χ3n) is 3.54. The summed E-state index contributed by atoms with van der Waals surface area (Å²) in [7, 11) is 0. The molecule has 1 aromatic carbocycles. The Morgan fingerprint density at radius 3 is 2.76 bits per heavy atom. The molecule has 0 spiro atoms. The van der Waals surface area contributed by atoms with Crippen molar-refractivity contribution in [1.29, 1.82) is 0 Å². The predicted molar refractivity (Wildman–Crippen MR) is 78.0 cm³/mol. The van der Waals surface area contributed by atoms with Crippen molar-refractivity contribution in [2.24, 2.45) is 0 Å². The van der Waals surface area contributed by atoms with Crippen molar-refractivity contribution in [3.63, 3.8) is 0 Å². The Morgan fingerprint density at radius 1 is 1.29 bits per heavy atom. The number of hydrogen-bond donors (Lipinski definition) is 1. The zero-order chi connectivity index (χ0) is 14.7. The van der Waals surface area contributed by atoms with Gasteiger partial charge in [0.2, 0.25) is 5.91 Å². The highest BCUT2D eigenvalue weighted by molar-refractivity contribution is 5.76. The van der Waals surface area contributed by atoms with E-state index in [1.165, 1.54) is 12.1 Å². The standard InChI is InChI=1S/C16H18FN3O/c17-14-5-3-12(4-6-14)13-10-18-20(11-13)9-1-2-16(21)19-15-7-8-15/h3-6,10-11,15H,1-2,7-9H2,(H,19,21). The van der Waals surface area contributed by atoms with Crippen LogP contribution in [0.4, 0.5) is 4.39 Å². The smallest absolute Gasteiger partial charge is 0.220 e. The normalized spacial score (nSPS) is 14.1. The van der Waals surface area contributed by atoms with Gasteiger partial charge in [-0.3, -0.25) is 9.48 Å². The van der Waals surface area contributed by atoms with Crippen LogP contribution in [-0.4, -0.2) is 21.7 Å². The second kappa shape index (κ2) is 6.08. The summed E-state index contributed by atoms with van der Waals surface area (Å²) in [4.78, 5) is 11.6. The Hall–Kier alpha value is -2.17. The molecule has 1 aliphatic rings. The molecule has 0 aliphatic heterocycles. The molecule has 0 bridgehead atoms. The molecule has 1 N–H and O–H groups in total. The lowest BCUT2D eigenvalue weighted by Crippen LogP contribution is -2.25. The predicted octanol–water partition coefficient (Wildman–Crippen LogP) is 2.75. The van der Waals surface area contributed by atoms with E-state index in [9.17, 15) is 9.18 Å². The monoisotopic (exact) mass is 287 g/mol. The van der Waals surface area contributed by atoms with E-state index >= 15 is 0 Å². The number of benzene rings is 1. The minimum absolute atomic E-state index is 0.128. The van der Waals surface area contributed by atoms with Crippen LogP contribution in [-0.2, 0) is 11.3 Å². The van der Waals surface area contributed by atoms with Crippen LogP contribution in [0.25, 0.3) is 11.1 Å². The Labute approximate surface area is 123 Å². The Kier molecular flexibility index (Phi) is 3.99. The van der Waals surface area contributed by atoms with E-state index in [4.69, 9.17) is 0 Å². The summed E-state index contributed by atoms with van der Waals surface area (Å²) in [6.45, 7) is 0.708. The first kappa shape index (κ1) is 13.8. The van der Waals surface area contributed by atoms with E-state index in [1.807, 2.05) is 10.9 Å². The molecular weight excluding hydrogens is 269 g/mol. The molecule has 1 aliphatic carbocycles. The zero-order valence-corrected chi connectivity index (χ0v) is 11.8. The molecule has 5 heteroatoms. The number of rotatable bonds is 6. The van der Waals surface area contributed by atoms with E-state index in [0.29, 0.717) is 19.0 Å². The van der Waals surface area contributed by atoms with Crippen molar-refractivity contribution in [2.75, 3.05) is 0 Å². The summed E-state index contributed by atoms with van der Waals surface area (Å²) in [6.07, 6.45) is 7.22. The molecule has 0 radical (unpaired) electrons. The minimum Gasteiger partial charge on any atom is -0.353 e. The summed E-state index contributed by atoms with van der Waals surface area (Å²) < 4.78 is 14.7. The molecule has 1 aromatic heterocycles. The molecule has 1 fully saturated rings. The van der Waals surface area contributed by atoms with Crippen LogP contribution < -0.4 is 5.32 Å². The minimum atomic E-state index is -0.243. The van der Waals surface area contributed by atoms with Crippen LogP contribution in [0.5, 0.6) is 0 Å². The SMILES string of the molecule is O=C(CCCn1cc(-c2ccc(F)cc2)cn1)NC1CC1.